The number of rotatable bonds is 6. The molecule has 1 rings (SSSR count). The minimum atomic E-state index is 0. The molecule has 0 bridgehead atoms. The quantitative estimate of drug-likeness (QED) is 0.193. The summed E-state index contributed by atoms with van der Waals surface area (Å²) >= 11 is 8.26. The van der Waals surface area contributed by atoms with Gasteiger partial charge in [-0.25, -0.2) is 0 Å². The molecule has 0 aromatic heterocycles. The molecule has 0 aliphatic heterocycles. The van der Waals surface area contributed by atoms with Crippen LogP contribution < -0.4 is 5.73 Å². The van der Waals surface area contributed by atoms with E-state index in [-0.39, 0.29) is 25.4 Å². The first-order chi connectivity index (χ1) is 10.6. The molecule has 2 N–H and O–H groups in total. The van der Waals surface area contributed by atoms with Crippen molar-refractivity contribution in [3.8, 4) is 0 Å². The number of nitrogens with two attached hydrogens (primary N) is 1. The number of unbranched alkanes of at least 4 members (excludes halogenated alkanes) is 6. The second-order valence-corrected chi connectivity index (χ2v) is 5.66. The van der Waals surface area contributed by atoms with Gasteiger partial charge in [0.15, 0.2) is 0 Å². The fourth-order valence-electron chi connectivity index (χ4n) is 1.20. The summed E-state index contributed by atoms with van der Waals surface area (Å²) in [6.07, 6.45) is 10.1. The maximum Gasteiger partial charge on any atom is 4.00 e. The number of benzene rings is 1. The predicted octanol–water partition coefficient (Wildman–Crippen LogP) is 6.06. The molecule has 1 aromatic rings. The Labute approximate surface area is 170 Å². The third-order valence-corrected chi connectivity index (χ3v) is 2.31. The van der Waals surface area contributed by atoms with Gasteiger partial charge in [0.25, 0.3) is 0 Å². The summed E-state index contributed by atoms with van der Waals surface area (Å²) in [7, 11) is 0. The summed E-state index contributed by atoms with van der Waals surface area (Å²) in [6, 6.07) is 12.5. The molecule has 0 unspecified atom stereocenters. The van der Waals surface area contributed by atoms with Gasteiger partial charge in [-0.15, -0.1) is 0 Å². The van der Waals surface area contributed by atoms with Crippen molar-refractivity contribution in [1.82, 2.24) is 0 Å². The number of hydrogen-bond acceptors (Lipinski definition) is 2. The van der Waals surface area contributed by atoms with Gasteiger partial charge in [-0.05, 0) is 0 Å². The van der Waals surface area contributed by atoms with Crippen LogP contribution in [-0.2, 0) is 33.7 Å². The van der Waals surface area contributed by atoms with Gasteiger partial charge in [0.2, 0.25) is 0 Å². The van der Waals surface area contributed by atoms with Crippen molar-refractivity contribution in [3.05, 3.63) is 50.2 Å². The molecule has 4 heteroatoms. The fraction of sp³-hybridized carbons (Fsp3) is 0.526. The molecule has 23 heavy (non-hydrogen) atoms. The van der Waals surface area contributed by atoms with Crippen LogP contribution in [0, 0.1) is 19.9 Å². The molecule has 0 radical (unpaired) electrons. The Hall–Kier alpha value is 0.0183. The van der Waals surface area contributed by atoms with Crippen molar-refractivity contribution in [1.29, 1.82) is 0 Å². The van der Waals surface area contributed by atoms with Crippen molar-refractivity contribution < 1.29 is 21.1 Å². The van der Waals surface area contributed by atoms with Crippen LogP contribution in [0.5, 0.6) is 0 Å². The van der Waals surface area contributed by atoms with Gasteiger partial charge in [0.1, 0.15) is 0 Å². The van der Waals surface area contributed by atoms with Crippen LogP contribution in [-0.4, -0.2) is 4.32 Å². The van der Waals surface area contributed by atoms with E-state index in [1.54, 1.807) is 0 Å². The van der Waals surface area contributed by atoms with Crippen LogP contribution in [0.2, 0.25) is 0 Å². The van der Waals surface area contributed by atoms with Crippen molar-refractivity contribution in [2.24, 2.45) is 5.73 Å². The van der Waals surface area contributed by atoms with Gasteiger partial charge < -0.3 is 44.4 Å². The van der Waals surface area contributed by atoms with Gasteiger partial charge in [-0.2, -0.15) is 49.2 Å². The summed E-state index contributed by atoms with van der Waals surface area (Å²) in [4.78, 5) is 0. The fourth-order valence-corrected chi connectivity index (χ4v) is 1.20. The molecule has 0 spiro atoms. The first-order valence-electron chi connectivity index (χ1n) is 8.02. The van der Waals surface area contributed by atoms with E-state index in [2.05, 4.69) is 64.3 Å². The molecule has 0 atom stereocenters. The van der Waals surface area contributed by atoms with Gasteiger partial charge in [-0.3, -0.25) is 0 Å². The topological polar surface area (TPSA) is 26.0 Å². The molecular weight excluding hydrogens is 402 g/mol. The van der Waals surface area contributed by atoms with Crippen LogP contribution >= 0.6 is 12.2 Å². The number of thiocarbonyl (C=S) groups is 1. The SMILES string of the molecule is NC(=S)[S-].[CH2-]CCCCC.[CH2-]CCCCC.[Mo+4].[c-]1ccccc1. The van der Waals surface area contributed by atoms with E-state index in [1.165, 1.54) is 38.5 Å². The first kappa shape index (κ1) is 30.9. The number of hydrogen-bond donors (Lipinski definition) is 1. The molecule has 132 valence electrons. The van der Waals surface area contributed by atoms with Gasteiger partial charge in [0.05, 0.1) is 0 Å². The van der Waals surface area contributed by atoms with Gasteiger partial charge >= 0.3 is 21.1 Å². The summed E-state index contributed by atoms with van der Waals surface area (Å²) < 4.78 is 0.0833. The van der Waals surface area contributed by atoms with Crippen LogP contribution in [0.25, 0.3) is 0 Å². The zero-order valence-electron chi connectivity index (χ0n) is 14.8. The van der Waals surface area contributed by atoms with E-state index in [9.17, 15) is 0 Å². The van der Waals surface area contributed by atoms with Crippen LogP contribution in [0.4, 0.5) is 0 Å². The average molecular weight is 436 g/mol. The Morgan fingerprint density at radius 1 is 0.957 bits per heavy atom. The summed E-state index contributed by atoms with van der Waals surface area (Å²) in [6.45, 7) is 11.9. The third kappa shape index (κ3) is 61.1. The average Bonchev–Trinajstić information content (AvgIpc) is 2.53. The minimum absolute atomic E-state index is 0. The Morgan fingerprint density at radius 3 is 1.39 bits per heavy atom. The Balaban J connectivity index is -0.000000104. The molecule has 0 heterocycles. The predicted molar refractivity (Wildman–Crippen MR) is 108 cm³/mol. The Kier molecular flexibility index (Phi) is 45.1. The molecule has 0 saturated carbocycles. The Bertz CT molecular complexity index is 235. The molecule has 1 aromatic carbocycles. The van der Waals surface area contributed by atoms with Crippen molar-refractivity contribution in [3.63, 3.8) is 0 Å². The van der Waals surface area contributed by atoms with Crippen molar-refractivity contribution in [2.45, 2.75) is 65.2 Å². The minimum Gasteiger partial charge on any atom is -0.415 e. The van der Waals surface area contributed by atoms with E-state index in [1.807, 2.05) is 30.3 Å². The van der Waals surface area contributed by atoms with E-state index >= 15 is 0 Å². The van der Waals surface area contributed by atoms with Crippen LogP contribution in [0.3, 0.4) is 0 Å². The molecule has 0 amide bonds. The molecule has 0 aliphatic carbocycles. The monoisotopic (exact) mass is 437 g/mol. The normalized spacial score (nSPS) is 7.83. The molecule has 0 saturated heterocycles. The van der Waals surface area contributed by atoms with Crippen molar-refractivity contribution >= 4 is 29.2 Å². The third-order valence-electron chi connectivity index (χ3n) is 2.31. The van der Waals surface area contributed by atoms with Gasteiger partial charge in [-0.1, -0.05) is 56.7 Å². The van der Waals surface area contributed by atoms with E-state index < -0.39 is 0 Å². The van der Waals surface area contributed by atoms with Crippen molar-refractivity contribution in [2.75, 3.05) is 0 Å². The summed E-state index contributed by atoms with van der Waals surface area (Å²) in [5.74, 6) is 0. The molecule has 1 nitrogen and oxygen atoms in total. The van der Waals surface area contributed by atoms with Gasteiger partial charge in [0, 0.05) is 0 Å². The van der Waals surface area contributed by atoms with Crippen LogP contribution in [0.15, 0.2) is 30.3 Å². The van der Waals surface area contributed by atoms with E-state index in [0.717, 1.165) is 12.8 Å². The molecule has 0 aliphatic rings. The second-order valence-electron chi connectivity index (χ2n) is 4.52. The van der Waals surface area contributed by atoms with E-state index in [0.29, 0.717) is 0 Å². The van der Waals surface area contributed by atoms with Crippen LogP contribution in [0.1, 0.15) is 65.2 Å². The smallest absolute Gasteiger partial charge is 0.415 e. The maximum atomic E-state index is 4.66. The van der Waals surface area contributed by atoms with E-state index in [4.69, 9.17) is 0 Å². The summed E-state index contributed by atoms with van der Waals surface area (Å²) in [5.41, 5.74) is 4.66. The largest absolute Gasteiger partial charge is 4.00 e. The summed E-state index contributed by atoms with van der Waals surface area (Å²) in [5, 5.41) is 0. The Morgan fingerprint density at radius 2 is 1.30 bits per heavy atom. The standard InChI is InChI=1S/C6H5.2C6H13.CH3NS2.Mo/c1-2-4-6-5-3-1;2*1-3-5-6-4-2;2-1(3)4;/h1-5H;2*1,3-6H2,2H3;(H3,2,3,4);/q3*-1;;+4/p-1. The molecule has 0 fully saturated rings. The molecular formula is C19H33MoNS2. The zero-order valence-corrected chi connectivity index (χ0v) is 18.4. The maximum absolute atomic E-state index is 4.66. The second kappa shape index (κ2) is 33.6. The first-order valence-corrected chi connectivity index (χ1v) is 8.84. The zero-order chi connectivity index (χ0) is 17.5.